The Morgan fingerprint density at radius 2 is 2.25 bits per heavy atom. The van der Waals surface area contributed by atoms with E-state index in [2.05, 4.69) is 6.07 Å². The van der Waals surface area contributed by atoms with Crippen LogP contribution in [0.2, 0.25) is 5.02 Å². The van der Waals surface area contributed by atoms with Gasteiger partial charge in [-0.05, 0) is 11.6 Å². The van der Waals surface area contributed by atoms with Gasteiger partial charge in [-0.25, -0.2) is 0 Å². The van der Waals surface area contributed by atoms with Crippen molar-refractivity contribution in [1.29, 1.82) is 5.26 Å². The maximum atomic E-state index is 8.54. The molecular formula is C12H12ClNO2. The topological polar surface area (TPSA) is 42.2 Å². The van der Waals surface area contributed by atoms with Crippen molar-refractivity contribution in [2.45, 2.75) is 25.2 Å². The summed E-state index contributed by atoms with van der Waals surface area (Å²) in [7, 11) is 0. The summed E-state index contributed by atoms with van der Waals surface area (Å²) in [5, 5.41) is 9.26. The highest BCUT2D eigenvalue weighted by Gasteiger charge is 2.26. The lowest BCUT2D eigenvalue weighted by molar-refractivity contribution is -0.0548. The molecule has 0 radical (unpaired) electrons. The molecular weight excluding hydrogens is 226 g/mol. The van der Waals surface area contributed by atoms with E-state index in [0.29, 0.717) is 19.4 Å². The first-order chi connectivity index (χ1) is 7.79. The fraction of sp³-hybridized carbons (Fsp3) is 0.417. The summed E-state index contributed by atoms with van der Waals surface area (Å²) in [5.41, 5.74) is 1.01. The number of ether oxygens (including phenoxy) is 2. The molecule has 2 rings (SSSR count). The van der Waals surface area contributed by atoms with Gasteiger partial charge >= 0.3 is 0 Å². The van der Waals surface area contributed by atoms with Crippen LogP contribution in [0.5, 0.6) is 0 Å². The molecule has 1 aliphatic heterocycles. The molecule has 4 heteroatoms. The Morgan fingerprint density at radius 1 is 1.44 bits per heavy atom. The van der Waals surface area contributed by atoms with Crippen LogP contribution in [-0.4, -0.2) is 19.0 Å². The van der Waals surface area contributed by atoms with Gasteiger partial charge in [-0.15, -0.1) is 0 Å². The molecule has 0 aliphatic carbocycles. The van der Waals surface area contributed by atoms with Gasteiger partial charge in [-0.2, -0.15) is 5.26 Å². The van der Waals surface area contributed by atoms with E-state index >= 15 is 0 Å². The van der Waals surface area contributed by atoms with Crippen molar-refractivity contribution < 1.29 is 9.47 Å². The molecule has 1 heterocycles. The van der Waals surface area contributed by atoms with E-state index in [0.717, 1.165) is 10.6 Å². The Hall–Kier alpha value is -1.08. The molecule has 2 atom stereocenters. The minimum atomic E-state index is -0.279. The van der Waals surface area contributed by atoms with Crippen LogP contribution in [0.3, 0.4) is 0 Å². The quantitative estimate of drug-likeness (QED) is 0.811. The van der Waals surface area contributed by atoms with Crippen LogP contribution in [0.1, 0.15) is 12.0 Å². The first-order valence-electron chi connectivity index (χ1n) is 5.17. The van der Waals surface area contributed by atoms with E-state index < -0.39 is 0 Å². The normalized spacial score (nSPS) is 24.2. The van der Waals surface area contributed by atoms with Crippen LogP contribution in [-0.2, 0) is 15.9 Å². The Bertz CT molecular complexity index is 402. The molecule has 3 nitrogen and oxygen atoms in total. The number of nitrogens with zero attached hydrogens (tertiary/aromatic N) is 1. The van der Waals surface area contributed by atoms with E-state index in [4.69, 9.17) is 26.3 Å². The number of benzene rings is 1. The van der Waals surface area contributed by atoms with Crippen molar-refractivity contribution >= 4 is 11.6 Å². The summed E-state index contributed by atoms with van der Waals surface area (Å²) < 4.78 is 11.0. The summed E-state index contributed by atoms with van der Waals surface area (Å²) in [6.45, 7) is 0.489. The average molecular weight is 238 g/mol. The Morgan fingerprint density at radius 3 is 3.00 bits per heavy atom. The smallest absolute Gasteiger partial charge is 0.162 e. The molecule has 0 N–H and O–H groups in total. The molecule has 1 aromatic carbocycles. The first-order valence-corrected chi connectivity index (χ1v) is 5.55. The third-order valence-corrected chi connectivity index (χ3v) is 2.84. The van der Waals surface area contributed by atoms with Crippen LogP contribution in [0.25, 0.3) is 0 Å². The zero-order chi connectivity index (χ0) is 11.4. The zero-order valence-corrected chi connectivity index (χ0v) is 9.48. The van der Waals surface area contributed by atoms with E-state index in [1.807, 2.05) is 24.3 Å². The predicted molar refractivity (Wildman–Crippen MR) is 60.0 cm³/mol. The maximum Gasteiger partial charge on any atom is 0.162 e. The van der Waals surface area contributed by atoms with Gasteiger partial charge in [0.2, 0.25) is 0 Å². The highest BCUT2D eigenvalue weighted by molar-refractivity contribution is 6.31. The van der Waals surface area contributed by atoms with Gasteiger partial charge in [0.15, 0.2) is 6.29 Å². The molecule has 0 saturated carbocycles. The summed E-state index contributed by atoms with van der Waals surface area (Å²) >= 11 is 6.04. The number of hydrogen-bond donors (Lipinski definition) is 0. The Kier molecular flexibility index (Phi) is 3.79. The second-order valence-corrected chi connectivity index (χ2v) is 4.09. The zero-order valence-electron chi connectivity index (χ0n) is 8.73. The maximum absolute atomic E-state index is 8.54. The second kappa shape index (κ2) is 5.31. The van der Waals surface area contributed by atoms with Crippen molar-refractivity contribution in [3.05, 3.63) is 34.9 Å². The molecule has 0 bridgehead atoms. The van der Waals surface area contributed by atoms with Crippen molar-refractivity contribution in [3.63, 3.8) is 0 Å². The minimum Gasteiger partial charge on any atom is -0.350 e. The fourth-order valence-corrected chi connectivity index (χ4v) is 1.88. The molecule has 2 unspecified atom stereocenters. The van der Waals surface area contributed by atoms with Crippen LogP contribution in [0.15, 0.2) is 24.3 Å². The average Bonchev–Trinajstić information content (AvgIpc) is 2.70. The Labute approximate surface area is 99.5 Å². The van der Waals surface area contributed by atoms with Gasteiger partial charge in [0, 0.05) is 11.4 Å². The molecule has 1 saturated heterocycles. The highest BCUT2D eigenvalue weighted by atomic mass is 35.5. The van der Waals surface area contributed by atoms with Crippen molar-refractivity contribution in [2.75, 3.05) is 6.61 Å². The van der Waals surface area contributed by atoms with Gasteiger partial charge < -0.3 is 9.47 Å². The molecule has 16 heavy (non-hydrogen) atoms. The molecule has 0 amide bonds. The summed E-state index contributed by atoms with van der Waals surface area (Å²) in [6.07, 6.45) is 0.622. The van der Waals surface area contributed by atoms with Gasteiger partial charge in [0.05, 0.1) is 25.2 Å². The second-order valence-electron chi connectivity index (χ2n) is 3.68. The van der Waals surface area contributed by atoms with Crippen molar-refractivity contribution in [1.82, 2.24) is 0 Å². The van der Waals surface area contributed by atoms with E-state index in [9.17, 15) is 0 Å². The van der Waals surface area contributed by atoms with Crippen LogP contribution >= 0.6 is 11.6 Å². The van der Waals surface area contributed by atoms with E-state index in [-0.39, 0.29) is 12.4 Å². The lowest BCUT2D eigenvalue weighted by Gasteiger charge is -2.11. The number of rotatable bonds is 3. The highest BCUT2D eigenvalue weighted by Crippen LogP contribution is 2.22. The monoisotopic (exact) mass is 237 g/mol. The fourth-order valence-electron chi connectivity index (χ4n) is 1.67. The van der Waals surface area contributed by atoms with Crippen LogP contribution in [0, 0.1) is 11.3 Å². The summed E-state index contributed by atoms with van der Waals surface area (Å²) in [6, 6.07) is 9.69. The molecule has 84 valence electrons. The van der Waals surface area contributed by atoms with Gasteiger partial charge in [-0.1, -0.05) is 29.8 Å². The predicted octanol–water partition coefficient (Wildman–Crippen LogP) is 2.54. The molecule has 0 spiro atoms. The molecule has 1 aliphatic rings. The van der Waals surface area contributed by atoms with Crippen LogP contribution < -0.4 is 0 Å². The van der Waals surface area contributed by atoms with Gasteiger partial charge in [0.25, 0.3) is 0 Å². The van der Waals surface area contributed by atoms with E-state index in [1.165, 1.54) is 0 Å². The molecule has 0 aromatic heterocycles. The minimum absolute atomic E-state index is 0.0995. The third-order valence-electron chi connectivity index (χ3n) is 2.48. The lowest BCUT2D eigenvalue weighted by Crippen LogP contribution is -2.14. The summed E-state index contributed by atoms with van der Waals surface area (Å²) in [5.74, 6) is 0. The largest absolute Gasteiger partial charge is 0.350 e. The number of nitriles is 1. The van der Waals surface area contributed by atoms with E-state index in [1.54, 1.807) is 0 Å². The standard InChI is InChI=1S/C12H12ClNO2/c13-11-4-2-1-3-9(11)7-12-15-8-10(16-12)5-6-14/h1-4,10,12H,5,7-8H2. The van der Waals surface area contributed by atoms with Gasteiger partial charge in [-0.3, -0.25) is 0 Å². The third kappa shape index (κ3) is 2.73. The summed E-state index contributed by atoms with van der Waals surface area (Å²) in [4.78, 5) is 0. The Balaban J connectivity index is 1.93. The lowest BCUT2D eigenvalue weighted by atomic mass is 10.1. The number of hydrogen-bond acceptors (Lipinski definition) is 3. The SMILES string of the molecule is N#CCC1COC(Cc2ccccc2Cl)O1. The van der Waals surface area contributed by atoms with Gasteiger partial charge in [0.1, 0.15) is 0 Å². The molecule has 1 aromatic rings. The van der Waals surface area contributed by atoms with Crippen molar-refractivity contribution in [2.24, 2.45) is 0 Å². The first kappa shape index (κ1) is 11.4. The molecule has 1 fully saturated rings. The number of halogens is 1. The van der Waals surface area contributed by atoms with Crippen molar-refractivity contribution in [3.8, 4) is 6.07 Å². The van der Waals surface area contributed by atoms with Crippen LogP contribution in [0.4, 0.5) is 0 Å².